The van der Waals surface area contributed by atoms with Gasteiger partial charge >= 0.3 is 8.80 Å². The van der Waals surface area contributed by atoms with Crippen LogP contribution >= 0.6 is 15.9 Å². The maximum absolute atomic E-state index is 6.28. The van der Waals surface area contributed by atoms with E-state index in [9.17, 15) is 0 Å². The highest BCUT2D eigenvalue weighted by Crippen LogP contribution is 2.14. The Labute approximate surface area is 151 Å². The molecule has 0 N–H and O–H groups in total. The highest BCUT2D eigenvalue weighted by Gasteiger charge is 2.43. The summed E-state index contributed by atoms with van der Waals surface area (Å²) in [5, 5.41) is 2.08. The van der Waals surface area contributed by atoms with Gasteiger partial charge in [0.05, 0.1) is 0 Å². The number of alkyl halides is 1. The molecule has 0 saturated carbocycles. The molecule has 0 aliphatic heterocycles. The van der Waals surface area contributed by atoms with Crippen molar-refractivity contribution in [1.82, 2.24) is 0 Å². The van der Waals surface area contributed by atoms with Gasteiger partial charge in [-0.1, -0.05) is 73.0 Å². The summed E-state index contributed by atoms with van der Waals surface area (Å²) in [5.74, 6) is 0. The Kier molecular flexibility index (Phi) is 11.9. The first kappa shape index (κ1) is 20.8. The van der Waals surface area contributed by atoms with E-state index >= 15 is 0 Å². The lowest BCUT2D eigenvalue weighted by Gasteiger charge is -2.30. The van der Waals surface area contributed by atoms with Crippen molar-refractivity contribution in [2.45, 2.75) is 52.4 Å². The molecule has 0 aliphatic rings. The van der Waals surface area contributed by atoms with Gasteiger partial charge in [0.25, 0.3) is 0 Å². The summed E-state index contributed by atoms with van der Waals surface area (Å²) in [4.78, 5) is 0. The Hall–Kier alpha value is -0.203. The van der Waals surface area contributed by atoms with Crippen LogP contribution in [0, 0.1) is 0 Å². The van der Waals surface area contributed by atoms with E-state index in [1.54, 1.807) is 0 Å². The van der Waals surface area contributed by atoms with Crippen LogP contribution in [0.2, 0.25) is 0 Å². The summed E-state index contributed by atoms with van der Waals surface area (Å²) in [6, 6.07) is 10.2. The van der Waals surface area contributed by atoms with Crippen molar-refractivity contribution >= 4 is 29.9 Å². The highest BCUT2D eigenvalue weighted by atomic mass is 79.9. The van der Waals surface area contributed by atoms with E-state index in [0.717, 1.165) is 49.0 Å². The highest BCUT2D eigenvalue weighted by molar-refractivity contribution is 9.09. The first-order valence-electron chi connectivity index (χ1n) is 8.82. The van der Waals surface area contributed by atoms with E-state index in [2.05, 4.69) is 41.9 Å². The molecule has 1 rings (SSSR count). The molecule has 23 heavy (non-hydrogen) atoms. The lowest BCUT2D eigenvalue weighted by atomic mass is 10.4. The molecule has 0 aromatic heterocycles. The molecular formula is C18H31BrO3Si. The van der Waals surface area contributed by atoms with Crippen LogP contribution in [0.3, 0.4) is 0 Å². The van der Waals surface area contributed by atoms with Crippen LogP contribution in [0.1, 0.15) is 52.4 Å². The molecule has 0 amide bonds. The van der Waals surface area contributed by atoms with Gasteiger partial charge in [-0.15, -0.1) is 0 Å². The van der Waals surface area contributed by atoms with Crippen LogP contribution in [0.4, 0.5) is 0 Å². The van der Waals surface area contributed by atoms with E-state index < -0.39 is 8.80 Å². The van der Waals surface area contributed by atoms with Gasteiger partial charge in [0.15, 0.2) is 0 Å². The topological polar surface area (TPSA) is 27.7 Å². The molecule has 0 atom stereocenters. The fraction of sp³-hybridized carbons (Fsp3) is 0.667. The van der Waals surface area contributed by atoms with Crippen LogP contribution in [-0.2, 0) is 13.3 Å². The summed E-state index contributed by atoms with van der Waals surface area (Å²) in [7, 11) is -2.81. The van der Waals surface area contributed by atoms with Crippen LogP contribution < -0.4 is 5.19 Å². The molecule has 0 aliphatic carbocycles. The molecule has 0 bridgehead atoms. The second kappa shape index (κ2) is 13.1. The maximum atomic E-state index is 6.28. The molecule has 0 heterocycles. The maximum Gasteiger partial charge on any atom is 0.537 e. The van der Waals surface area contributed by atoms with Crippen molar-refractivity contribution in [3.63, 3.8) is 0 Å². The third-order valence-corrected chi connectivity index (χ3v) is 6.88. The average Bonchev–Trinajstić information content (AvgIpc) is 2.59. The summed E-state index contributed by atoms with van der Waals surface area (Å²) in [6.07, 6.45) is 6.40. The lowest BCUT2D eigenvalue weighted by molar-refractivity contribution is 0.0701. The van der Waals surface area contributed by atoms with Crippen molar-refractivity contribution < 1.29 is 13.3 Å². The second-order valence-corrected chi connectivity index (χ2v) is 8.92. The van der Waals surface area contributed by atoms with Gasteiger partial charge in [0, 0.05) is 30.3 Å². The number of halogens is 1. The van der Waals surface area contributed by atoms with Crippen LogP contribution in [0.5, 0.6) is 0 Å². The molecule has 0 spiro atoms. The second-order valence-electron chi connectivity index (χ2n) is 5.57. The summed E-state index contributed by atoms with van der Waals surface area (Å²) in [6.45, 7) is 6.42. The summed E-state index contributed by atoms with van der Waals surface area (Å²) < 4.78 is 18.8. The molecule has 0 fully saturated rings. The van der Waals surface area contributed by atoms with Crippen molar-refractivity contribution in [3.05, 3.63) is 30.3 Å². The van der Waals surface area contributed by atoms with Crippen LogP contribution in [0.25, 0.3) is 0 Å². The van der Waals surface area contributed by atoms with E-state index in [0.29, 0.717) is 19.8 Å². The monoisotopic (exact) mass is 402 g/mol. The fourth-order valence-corrected chi connectivity index (χ4v) is 5.11. The quantitative estimate of drug-likeness (QED) is 0.257. The molecule has 1 aromatic rings. The predicted octanol–water partition coefficient (Wildman–Crippen LogP) is 4.66. The van der Waals surface area contributed by atoms with Crippen molar-refractivity contribution in [2.24, 2.45) is 0 Å². The molecule has 0 saturated heterocycles. The largest absolute Gasteiger partial charge is 0.537 e. The number of unbranched alkanes of at least 4 members (excludes halogenated alkanes) is 3. The smallest absolute Gasteiger partial charge is 0.370 e. The normalized spacial score (nSPS) is 11.8. The molecule has 3 nitrogen and oxygen atoms in total. The first-order valence-corrected chi connectivity index (χ1v) is 11.7. The van der Waals surface area contributed by atoms with Gasteiger partial charge < -0.3 is 13.3 Å². The standard InChI is InChI=1S/C18H31BrO3Si/c1-3-5-15-20-23(21-16-6-4-2,22-17-11-10-14-19)18-12-8-7-9-13-18/h7-9,12-13H,3-6,10-11,14-17H2,1-2H3. The molecule has 0 unspecified atom stereocenters. The van der Waals surface area contributed by atoms with E-state index in [4.69, 9.17) is 13.3 Å². The fourth-order valence-electron chi connectivity index (χ4n) is 2.12. The molecule has 1 aromatic carbocycles. The Morgan fingerprint density at radius 1 is 0.783 bits per heavy atom. The third-order valence-electron chi connectivity index (χ3n) is 3.53. The molecule has 0 radical (unpaired) electrons. The summed E-state index contributed by atoms with van der Waals surface area (Å²) in [5.41, 5.74) is 0. The van der Waals surface area contributed by atoms with E-state index in [1.165, 1.54) is 0 Å². The molecular weight excluding hydrogens is 372 g/mol. The molecule has 5 heteroatoms. The number of rotatable bonds is 14. The van der Waals surface area contributed by atoms with Gasteiger partial charge in [-0.25, -0.2) is 0 Å². The van der Waals surface area contributed by atoms with Gasteiger partial charge in [-0.3, -0.25) is 0 Å². The Balaban J connectivity index is 2.85. The zero-order valence-corrected chi connectivity index (χ0v) is 17.1. The van der Waals surface area contributed by atoms with Crippen molar-refractivity contribution in [3.8, 4) is 0 Å². The zero-order valence-electron chi connectivity index (χ0n) is 14.6. The van der Waals surface area contributed by atoms with Crippen LogP contribution in [0.15, 0.2) is 30.3 Å². The minimum absolute atomic E-state index is 0.685. The number of benzene rings is 1. The van der Waals surface area contributed by atoms with Gasteiger partial charge in [0.2, 0.25) is 0 Å². The van der Waals surface area contributed by atoms with E-state index in [1.807, 2.05) is 18.2 Å². The van der Waals surface area contributed by atoms with E-state index in [-0.39, 0.29) is 0 Å². The van der Waals surface area contributed by atoms with Gasteiger partial charge in [-0.05, 0) is 25.7 Å². The first-order chi connectivity index (χ1) is 11.3. The van der Waals surface area contributed by atoms with Crippen LogP contribution in [-0.4, -0.2) is 34.0 Å². The Morgan fingerprint density at radius 3 is 1.78 bits per heavy atom. The van der Waals surface area contributed by atoms with Crippen molar-refractivity contribution in [2.75, 3.05) is 25.2 Å². The summed E-state index contributed by atoms with van der Waals surface area (Å²) >= 11 is 3.47. The number of hydrogen-bond acceptors (Lipinski definition) is 3. The predicted molar refractivity (Wildman–Crippen MR) is 103 cm³/mol. The van der Waals surface area contributed by atoms with Crippen molar-refractivity contribution in [1.29, 1.82) is 0 Å². The van der Waals surface area contributed by atoms with Gasteiger partial charge in [-0.2, -0.15) is 0 Å². The Bertz CT molecular complexity index is 379. The van der Waals surface area contributed by atoms with Gasteiger partial charge in [0.1, 0.15) is 0 Å². The number of hydrogen-bond donors (Lipinski definition) is 0. The Morgan fingerprint density at radius 2 is 1.30 bits per heavy atom. The zero-order chi connectivity index (χ0) is 16.8. The molecule has 132 valence electrons. The third kappa shape index (κ3) is 7.94. The lowest BCUT2D eigenvalue weighted by Crippen LogP contribution is -2.57. The SMILES string of the molecule is CCCCO[Si](OCCCC)(OCCCCBr)c1ccccc1. The minimum atomic E-state index is -2.81. The minimum Gasteiger partial charge on any atom is -0.370 e. The average molecular weight is 403 g/mol.